The van der Waals surface area contributed by atoms with Crippen molar-refractivity contribution < 1.29 is 9.13 Å². The summed E-state index contributed by atoms with van der Waals surface area (Å²) in [6.45, 7) is 6.27. The fourth-order valence-corrected chi connectivity index (χ4v) is 2.77. The van der Waals surface area contributed by atoms with Gasteiger partial charge in [-0.1, -0.05) is 12.1 Å². The van der Waals surface area contributed by atoms with Crippen LogP contribution < -0.4 is 5.32 Å². The summed E-state index contributed by atoms with van der Waals surface area (Å²) in [5, 5.41) is 3.10. The highest BCUT2D eigenvalue weighted by Crippen LogP contribution is 2.18. The quantitative estimate of drug-likeness (QED) is 0.866. The average Bonchev–Trinajstić information content (AvgIpc) is 2.45. The summed E-state index contributed by atoms with van der Waals surface area (Å²) in [6.07, 6.45) is 2.48. The first-order valence-corrected chi connectivity index (χ1v) is 7.48. The van der Waals surface area contributed by atoms with Crippen molar-refractivity contribution in [1.29, 1.82) is 0 Å². The maximum absolute atomic E-state index is 13.9. The van der Waals surface area contributed by atoms with Gasteiger partial charge in [-0.15, -0.1) is 0 Å². The van der Waals surface area contributed by atoms with Gasteiger partial charge in [0.1, 0.15) is 5.82 Å². The van der Waals surface area contributed by atoms with Crippen LogP contribution in [0.3, 0.4) is 0 Å². The van der Waals surface area contributed by atoms with Crippen LogP contribution in [0.15, 0.2) is 18.2 Å². The van der Waals surface area contributed by atoms with Gasteiger partial charge in [0.15, 0.2) is 0 Å². The van der Waals surface area contributed by atoms with Crippen LogP contribution in [0.2, 0.25) is 0 Å². The number of piperidine rings is 1. The lowest BCUT2D eigenvalue weighted by Crippen LogP contribution is -2.36. The molecule has 0 spiro atoms. The molecule has 1 aliphatic rings. The third kappa shape index (κ3) is 4.27. The normalized spacial score (nSPS) is 17.6. The molecule has 0 unspecified atom stereocenters. The van der Waals surface area contributed by atoms with Gasteiger partial charge in [-0.2, -0.15) is 0 Å². The standard InChI is InChI=1S/C16H25FN2O/c1-3-20-15-6-8-19(9-7-15)12-14-10-13(11-18-2)4-5-16(14)17/h4-5,10,15,18H,3,6-9,11-12H2,1-2H3. The maximum atomic E-state index is 13.9. The largest absolute Gasteiger partial charge is 0.378 e. The van der Waals surface area contributed by atoms with Crippen LogP contribution >= 0.6 is 0 Å². The van der Waals surface area contributed by atoms with Gasteiger partial charge in [-0.25, -0.2) is 4.39 Å². The van der Waals surface area contributed by atoms with Crippen molar-refractivity contribution in [3.05, 3.63) is 35.1 Å². The number of likely N-dealkylation sites (tertiary alicyclic amines) is 1. The lowest BCUT2D eigenvalue weighted by Gasteiger charge is -2.31. The number of hydrogen-bond acceptors (Lipinski definition) is 3. The number of nitrogens with one attached hydrogen (secondary N) is 1. The summed E-state index contributed by atoms with van der Waals surface area (Å²) in [4.78, 5) is 2.32. The minimum absolute atomic E-state index is 0.100. The van der Waals surface area contributed by atoms with Gasteiger partial charge in [0.05, 0.1) is 6.10 Å². The Labute approximate surface area is 121 Å². The molecule has 112 valence electrons. The van der Waals surface area contributed by atoms with E-state index in [1.165, 1.54) is 0 Å². The first-order chi connectivity index (χ1) is 9.72. The third-order valence-corrected chi connectivity index (χ3v) is 3.82. The monoisotopic (exact) mass is 280 g/mol. The van der Waals surface area contributed by atoms with Crippen LogP contribution in [0.4, 0.5) is 4.39 Å². The molecule has 3 nitrogen and oxygen atoms in total. The van der Waals surface area contributed by atoms with E-state index in [4.69, 9.17) is 4.74 Å². The Morgan fingerprint density at radius 3 is 2.75 bits per heavy atom. The summed E-state index contributed by atoms with van der Waals surface area (Å²) >= 11 is 0. The topological polar surface area (TPSA) is 24.5 Å². The molecule has 1 aromatic carbocycles. The smallest absolute Gasteiger partial charge is 0.127 e. The zero-order valence-corrected chi connectivity index (χ0v) is 12.5. The van der Waals surface area contributed by atoms with Crippen molar-refractivity contribution in [1.82, 2.24) is 10.2 Å². The molecule has 0 radical (unpaired) electrons. The molecule has 0 aromatic heterocycles. The van der Waals surface area contributed by atoms with E-state index in [0.29, 0.717) is 12.6 Å². The fourth-order valence-electron chi connectivity index (χ4n) is 2.77. The van der Waals surface area contributed by atoms with Crippen molar-refractivity contribution >= 4 is 0 Å². The molecule has 1 aromatic rings. The lowest BCUT2D eigenvalue weighted by molar-refractivity contribution is 0.0123. The highest BCUT2D eigenvalue weighted by atomic mass is 19.1. The predicted octanol–water partition coefficient (Wildman–Crippen LogP) is 2.55. The first kappa shape index (κ1) is 15.4. The number of hydrogen-bond donors (Lipinski definition) is 1. The molecule has 2 rings (SSSR count). The summed E-state index contributed by atoms with van der Waals surface area (Å²) in [5.41, 5.74) is 1.93. The van der Waals surface area contributed by atoms with Gasteiger partial charge in [0, 0.05) is 38.3 Å². The Hall–Kier alpha value is -0.970. The molecule has 1 aliphatic heterocycles. The zero-order valence-electron chi connectivity index (χ0n) is 12.5. The van der Waals surface area contributed by atoms with Gasteiger partial charge in [0.25, 0.3) is 0 Å². The lowest BCUT2D eigenvalue weighted by atomic mass is 10.1. The van der Waals surface area contributed by atoms with Crippen molar-refractivity contribution in [2.45, 2.75) is 39.0 Å². The van der Waals surface area contributed by atoms with Crippen molar-refractivity contribution in [3.8, 4) is 0 Å². The van der Waals surface area contributed by atoms with Crippen LogP contribution in [-0.4, -0.2) is 37.7 Å². The van der Waals surface area contributed by atoms with E-state index in [-0.39, 0.29) is 5.82 Å². The molecule has 20 heavy (non-hydrogen) atoms. The van der Waals surface area contributed by atoms with E-state index in [1.54, 1.807) is 6.07 Å². The third-order valence-electron chi connectivity index (χ3n) is 3.82. The second kappa shape index (κ2) is 7.72. The first-order valence-electron chi connectivity index (χ1n) is 7.48. The highest BCUT2D eigenvalue weighted by Gasteiger charge is 2.20. The number of halogens is 1. The minimum atomic E-state index is -0.100. The van der Waals surface area contributed by atoms with Crippen LogP contribution in [-0.2, 0) is 17.8 Å². The Bertz CT molecular complexity index is 417. The summed E-state index contributed by atoms with van der Waals surface area (Å²) in [7, 11) is 1.90. The number of rotatable bonds is 6. The molecular weight excluding hydrogens is 255 g/mol. The van der Waals surface area contributed by atoms with E-state index in [0.717, 1.165) is 50.2 Å². The molecule has 4 heteroatoms. The van der Waals surface area contributed by atoms with Crippen molar-refractivity contribution in [3.63, 3.8) is 0 Å². The SMILES string of the molecule is CCOC1CCN(Cc2cc(CNC)ccc2F)CC1. The van der Waals surface area contributed by atoms with E-state index >= 15 is 0 Å². The summed E-state index contributed by atoms with van der Waals surface area (Å²) in [6, 6.07) is 5.39. The van der Waals surface area contributed by atoms with E-state index in [2.05, 4.69) is 10.2 Å². The fraction of sp³-hybridized carbons (Fsp3) is 0.625. The Morgan fingerprint density at radius 1 is 1.35 bits per heavy atom. The number of ether oxygens (including phenoxy) is 1. The second-order valence-corrected chi connectivity index (χ2v) is 5.39. The summed E-state index contributed by atoms with van der Waals surface area (Å²) < 4.78 is 19.5. The molecule has 1 fully saturated rings. The second-order valence-electron chi connectivity index (χ2n) is 5.39. The van der Waals surface area contributed by atoms with Crippen molar-refractivity contribution in [2.24, 2.45) is 0 Å². The molecule has 0 aliphatic carbocycles. The molecule has 0 amide bonds. The van der Waals surface area contributed by atoms with E-state index < -0.39 is 0 Å². The molecule has 1 heterocycles. The number of benzene rings is 1. The Morgan fingerprint density at radius 2 is 2.10 bits per heavy atom. The Balaban J connectivity index is 1.92. The molecule has 0 saturated carbocycles. The molecule has 0 bridgehead atoms. The van der Waals surface area contributed by atoms with Crippen LogP contribution in [0.25, 0.3) is 0 Å². The average molecular weight is 280 g/mol. The van der Waals surface area contributed by atoms with E-state index in [1.807, 2.05) is 26.1 Å². The maximum Gasteiger partial charge on any atom is 0.127 e. The van der Waals surface area contributed by atoms with Crippen LogP contribution in [0.5, 0.6) is 0 Å². The molecule has 1 saturated heterocycles. The zero-order chi connectivity index (χ0) is 14.4. The van der Waals surface area contributed by atoms with Gasteiger partial charge < -0.3 is 10.1 Å². The minimum Gasteiger partial charge on any atom is -0.378 e. The van der Waals surface area contributed by atoms with Crippen LogP contribution in [0, 0.1) is 5.82 Å². The van der Waals surface area contributed by atoms with Gasteiger partial charge in [0.2, 0.25) is 0 Å². The highest BCUT2D eigenvalue weighted by molar-refractivity contribution is 5.25. The van der Waals surface area contributed by atoms with Gasteiger partial charge in [-0.05, 0) is 38.4 Å². The molecular formula is C16H25FN2O. The van der Waals surface area contributed by atoms with Crippen molar-refractivity contribution in [2.75, 3.05) is 26.7 Å². The van der Waals surface area contributed by atoms with Gasteiger partial charge >= 0.3 is 0 Å². The summed E-state index contributed by atoms with van der Waals surface area (Å²) in [5.74, 6) is -0.100. The molecule has 0 atom stereocenters. The Kier molecular flexibility index (Phi) is 5.95. The number of nitrogens with zero attached hydrogens (tertiary/aromatic N) is 1. The van der Waals surface area contributed by atoms with E-state index in [9.17, 15) is 4.39 Å². The van der Waals surface area contributed by atoms with Gasteiger partial charge in [-0.3, -0.25) is 4.90 Å². The molecule has 1 N–H and O–H groups in total. The predicted molar refractivity (Wildman–Crippen MR) is 79.1 cm³/mol. The van der Waals surface area contributed by atoms with Crippen LogP contribution in [0.1, 0.15) is 30.9 Å².